The molecule has 0 saturated carbocycles. The van der Waals surface area contributed by atoms with Gasteiger partial charge in [0.05, 0.1) is 22.3 Å². The molecule has 0 aromatic heterocycles. The number of nitrogens with zero attached hydrogens (tertiary/aromatic N) is 2. The second kappa shape index (κ2) is 8.56. The zero-order chi connectivity index (χ0) is 32.4. The van der Waals surface area contributed by atoms with Gasteiger partial charge in [0.25, 0.3) is 23.6 Å². The number of fused-ring (bicyclic) bond motifs is 2. The van der Waals surface area contributed by atoms with Gasteiger partial charge in [0.2, 0.25) is 0 Å². The number of alkyl halides is 8. The Labute approximate surface area is 216 Å². The molecule has 0 aliphatic carbocycles. The Morgan fingerprint density at radius 2 is 0.500 bits per heavy atom. The van der Waals surface area contributed by atoms with Crippen molar-refractivity contribution in [2.75, 3.05) is 0 Å². The predicted molar refractivity (Wildman–Crippen MR) is 93.3 cm³/mol. The Hall–Kier alpha value is -4.40. The van der Waals surface area contributed by atoms with Crippen LogP contribution in [0.5, 0.6) is 0 Å². The van der Waals surface area contributed by atoms with Gasteiger partial charge in [-0.1, -0.05) is 0 Å². The fourth-order valence-corrected chi connectivity index (χ4v) is 3.87. The molecule has 0 fully saturated rings. The maximum atomic E-state index is 14.7. The van der Waals surface area contributed by atoms with Crippen LogP contribution in [0, 0.1) is 46.5 Å². The Kier molecular flexibility index (Phi) is 6.23. The van der Waals surface area contributed by atoms with Crippen molar-refractivity contribution in [3.05, 3.63) is 68.8 Å². The minimum Gasteiger partial charge on any atom is -0.268 e. The van der Waals surface area contributed by atoms with Gasteiger partial charge in [0.15, 0.2) is 46.5 Å². The minimum atomic E-state index is -7.95. The Morgan fingerprint density at radius 1 is 0.333 bits per heavy atom. The van der Waals surface area contributed by atoms with Crippen molar-refractivity contribution in [2.24, 2.45) is 0 Å². The van der Waals surface area contributed by atoms with Crippen LogP contribution >= 0.6 is 0 Å². The molecular weight excluding hydrogens is 636 g/mol. The van der Waals surface area contributed by atoms with Crippen LogP contribution in [0.25, 0.3) is 0 Å². The minimum absolute atomic E-state index is 2.50. The lowest BCUT2D eigenvalue weighted by molar-refractivity contribution is -0.398. The highest BCUT2D eigenvalue weighted by Gasteiger charge is 2.86. The number of rotatable bonds is 5. The number of carbonyl (C=O) groups excluding carboxylic acids is 4. The van der Waals surface area contributed by atoms with E-state index in [9.17, 15) is 89.4 Å². The summed E-state index contributed by atoms with van der Waals surface area (Å²) in [6, 6.07) is -14.8. The summed E-state index contributed by atoms with van der Waals surface area (Å²) in [6.07, 6.45) is 0. The number of hydrogen-bond acceptors (Lipinski definition) is 4. The molecule has 0 spiro atoms. The first-order valence-corrected chi connectivity index (χ1v) is 9.93. The number of hydrogen-bond donors (Lipinski definition) is 0. The second-order valence-corrected chi connectivity index (χ2v) is 8.13. The average molecular weight is 636 g/mol. The van der Waals surface area contributed by atoms with Crippen LogP contribution in [0.4, 0.5) is 70.2 Å². The van der Waals surface area contributed by atoms with E-state index in [1.807, 2.05) is 0 Å². The fraction of sp³-hybridized carbons (Fsp3) is 0.200. The highest BCUT2D eigenvalue weighted by atomic mass is 19.4. The number of amides is 4. The van der Waals surface area contributed by atoms with Crippen molar-refractivity contribution >= 4 is 23.6 Å². The molecule has 226 valence electrons. The van der Waals surface area contributed by atoms with Gasteiger partial charge in [-0.05, 0) is 0 Å². The molecule has 0 radical (unpaired) electrons. The number of carbonyl (C=O) groups is 4. The topological polar surface area (TPSA) is 74.8 Å². The summed E-state index contributed by atoms with van der Waals surface area (Å²) in [5.41, 5.74) is -10.3. The first-order chi connectivity index (χ1) is 18.9. The van der Waals surface area contributed by atoms with E-state index >= 15 is 0 Å². The molecule has 0 atom stereocenters. The molecule has 42 heavy (non-hydrogen) atoms. The molecule has 2 aliphatic heterocycles. The lowest BCUT2D eigenvalue weighted by Crippen LogP contribution is -2.71. The third-order valence-electron chi connectivity index (χ3n) is 5.91. The summed E-state index contributed by atoms with van der Waals surface area (Å²) in [5.74, 6) is -53.1. The van der Waals surface area contributed by atoms with E-state index in [1.165, 1.54) is 0 Å². The lowest BCUT2D eigenvalue weighted by Gasteiger charge is -2.40. The Morgan fingerprint density at radius 3 is 0.667 bits per heavy atom. The van der Waals surface area contributed by atoms with Crippen molar-refractivity contribution in [1.29, 1.82) is 0 Å². The summed E-state index contributed by atoms with van der Waals surface area (Å²) in [6.45, 7) is 0. The average Bonchev–Trinajstić information content (AvgIpc) is 3.32. The van der Waals surface area contributed by atoms with Gasteiger partial charge in [-0.3, -0.25) is 19.2 Å². The zero-order valence-electron chi connectivity index (χ0n) is 18.6. The van der Waals surface area contributed by atoms with Crippen molar-refractivity contribution in [3.63, 3.8) is 0 Å². The first kappa shape index (κ1) is 30.6. The summed E-state index contributed by atoms with van der Waals surface area (Å²) >= 11 is 0. The first-order valence-electron chi connectivity index (χ1n) is 9.93. The summed E-state index contributed by atoms with van der Waals surface area (Å²) < 4.78 is 227. The van der Waals surface area contributed by atoms with Crippen LogP contribution in [0.2, 0.25) is 0 Å². The molecule has 4 rings (SSSR count). The summed E-state index contributed by atoms with van der Waals surface area (Å²) in [7, 11) is 0. The molecule has 0 unspecified atom stereocenters. The number of benzene rings is 2. The van der Waals surface area contributed by atoms with Crippen LogP contribution < -0.4 is 0 Å². The standard InChI is InChI=1S/C20F16N2O4/c21-5-1-2(6(22)10(26)9(5)25)14(40)37(13(1)39)19(33,34)17(29,30)18(31,32)20(35,36)38-15(41)3-4(16(38)42)8(24)12(28)11(27)7(3)23. The lowest BCUT2D eigenvalue weighted by atomic mass is 10.0. The molecule has 0 bridgehead atoms. The maximum Gasteiger partial charge on any atom is 0.404 e. The second-order valence-electron chi connectivity index (χ2n) is 8.13. The molecule has 4 amide bonds. The fourth-order valence-electron chi connectivity index (χ4n) is 3.87. The molecule has 22 heteroatoms. The molecule has 6 nitrogen and oxygen atoms in total. The van der Waals surface area contributed by atoms with Gasteiger partial charge in [-0.25, -0.2) is 44.9 Å². The number of halogens is 16. The van der Waals surface area contributed by atoms with E-state index in [0.717, 1.165) is 0 Å². The third-order valence-corrected chi connectivity index (χ3v) is 5.91. The van der Waals surface area contributed by atoms with Crippen LogP contribution in [0.3, 0.4) is 0 Å². The largest absolute Gasteiger partial charge is 0.404 e. The highest BCUT2D eigenvalue weighted by molar-refractivity contribution is 6.23. The van der Waals surface area contributed by atoms with Gasteiger partial charge < -0.3 is 0 Å². The van der Waals surface area contributed by atoms with Crippen LogP contribution in [-0.2, 0) is 0 Å². The van der Waals surface area contributed by atoms with E-state index in [-0.39, 0.29) is 0 Å². The normalized spacial score (nSPS) is 16.2. The molecule has 2 heterocycles. The Balaban J connectivity index is 1.85. The van der Waals surface area contributed by atoms with Gasteiger partial charge in [-0.2, -0.15) is 35.1 Å². The maximum absolute atomic E-state index is 14.7. The number of imide groups is 2. The smallest absolute Gasteiger partial charge is 0.268 e. The van der Waals surface area contributed by atoms with E-state index in [0.29, 0.717) is 0 Å². The molecular formula is C20F16N2O4. The van der Waals surface area contributed by atoms with Crippen LogP contribution in [0.1, 0.15) is 41.4 Å². The van der Waals surface area contributed by atoms with Crippen molar-refractivity contribution in [1.82, 2.24) is 9.80 Å². The zero-order valence-corrected chi connectivity index (χ0v) is 18.6. The van der Waals surface area contributed by atoms with Crippen molar-refractivity contribution < 1.29 is 89.4 Å². The van der Waals surface area contributed by atoms with E-state index in [1.54, 1.807) is 0 Å². The van der Waals surface area contributed by atoms with Crippen molar-refractivity contribution in [2.45, 2.75) is 23.9 Å². The van der Waals surface area contributed by atoms with Gasteiger partial charge in [-0.15, -0.1) is 0 Å². The Bertz CT molecular complexity index is 1450. The molecule has 2 aromatic rings. The quantitative estimate of drug-likeness (QED) is 0.150. The molecule has 2 aromatic carbocycles. The van der Waals surface area contributed by atoms with Gasteiger partial charge in [0, 0.05) is 0 Å². The van der Waals surface area contributed by atoms with E-state index in [2.05, 4.69) is 0 Å². The van der Waals surface area contributed by atoms with Crippen LogP contribution in [0.15, 0.2) is 0 Å². The van der Waals surface area contributed by atoms with Gasteiger partial charge >= 0.3 is 23.9 Å². The SMILES string of the molecule is O=C1c2c(F)c(F)c(F)c(F)c2C(=O)N1C(F)(F)C(F)(F)C(F)(F)C(F)(F)N1C(=O)c2c(F)c(F)c(F)c(F)c2C1=O. The van der Waals surface area contributed by atoms with Crippen molar-refractivity contribution in [3.8, 4) is 0 Å². The monoisotopic (exact) mass is 636 g/mol. The van der Waals surface area contributed by atoms with Crippen LogP contribution in [-0.4, -0.2) is 57.4 Å². The third kappa shape index (κ3) is 3.25. The summed E-state index contributed by atoms with van der Waals surface area (Å²) in [5, 5.41) is 0. The highest BCUT2D eigenvalue weighted by Crippen LogP contribution is 2.57. The van der Waals surface area contributed by atoms with E-state index < -0.39 is 126 Å². The molecule has 0 N–H and O–H groups in total. The molecule has 2 aliphatic rings. The summed E-state index contributed by atoms with van der Waals surface area (Å²) in [4.78, 5) is 43.2. The van der Waals surface area contributed by atoms with E-state index in [4.69, 9.17) is 0 Å². The van der Waals surface area contributed by atoms with Gasteiger partial charge in [0.1, 0.15) is 0 Å². The predicted octanol–water partition coefficient (Wildman–Crippen LogP) is 5.15. The molecule has 0 saturated heterocycles.